The first kappa shape index (κ1) is 11.9. The lowest BCUT2D eigenvalue weighted by Crippen LogP contribution is -2.13. The van der Waals surface area contributed by atoms with E-state index in [2.05, 4.69) is 45.0 Å². The number of anilines is 3. The highest BCUT2D eigenvalue weighted by molar-refractivity contribution is 9.10. The molecule has 0 aliphatic rings. The van der Waals surface area contributed by atoms with Crippen molar-refractivity contribution in [1.29, 1.82) is 0 Å². The molecule has 0 saturated heterocycles. The Labute approximate surface area is 109 Å². The Morgan fingerprint density at radius 3 is 2.76 bits per heavy atom. The van der Waals surface area contributed by atoms with E-state index in [9.17, 15) is 0 Å². The lowest BCUT2D eigenvalue weighted by atomic mass is 10.2. The Hall–Kier alpha value is -1.62. The second kappa shape index (κ2) is 4.71. The van der Waals surface area contributed by atoms with Gasteiger partial charge in [0.25, 0.3) is 0 Å². The predicted molar refractivity (Wildman–Crippen MR) is 73.4 cm³/mol. The Morgan fingerprint density at radius 1 is 1.29 bits per heavy atom. The van der Waals surface area contributed by atoms with Gasteiger partial charge < -0.3 is 10.6 Å². The summed E-state index contributed by atoms with van der Waals surface area (Å²) in [6.45, 7) is 2.06. The summed E-state index contributed by atoms with van der Waals surface area (Å²) in [5.74, 6) is 1.19. The number of nitrogen functional groups attached to an aromatic ring is 1. The molecule has 0 saturated carbocycles. The zero-order valence-corrected chi connectivity index (χ0v) is 11.3. The maximum absolute atomic E-state index is 5.74. The molecule has 1 heterocycles. The lowest BCUT2D eigenvalue weighted by molar-refractivity contribution is 1.07. The minimum atomic E-state index is 0.439. The number of hydrogen-bond acceptors (Lipinski definition) is 4. The monoisotopic (exact) mass is 292 g/mol. The summed E-state index contributed by atoms with van der Waals surface area (Å²) >= 11 is 3.40. The van der Waals surface area contributed by atoms with Crippen LogP contribution in [-0.2, 0) is 0 Å². The first-order valence-corrected chi connectivity index (χ1v) is 5.95. The van der Waals surface area contributed by atoms with Crippen molar-refractivity contribution in [3.05, 3.63) is 40.6 Å². The molecule has 5 heteroatoms. The number of hydrogen-bond donors (Lipinski definition) is 1. The minimum absolute atomic E-state index is 0.439. The Balaban J connectivity index is 2.44. The third kappa shape index (κ3) is 2.39. The zero-order valence-electron chi connectivity index (χ0n) is 9.68. The van der Waals surface area contributed by atoms with Gasteiger partial charge in [0, 0.05) is 12.7 Å². The number of benzene rings is 1. The summed E-state index contributed by atoms with van der Waals surface area (Å²) in [7, 11) is 1.95. The maximum Gasteiger partial charge on any atom is 0.152 e. The maximum atomic E-state index is 5.74. The van der Waals surface area contributed by atoms with Crippen LogP contribution in [0.3, 0.4) is 0 Å². The average Bonchev–Trinajstić information content (AvgIpc) is 2.32. The van der Waals surface area contributed by atoms with Crippen molar-refractivity contribution in [2.24, 2.45) is 0 Å². The highest BCUT2D eigenvalue weighted by Crippen LogP contribution is 2.31. The van der Waals surface area contributed by atoms with Gasteiger partial charge in [0.15, 0.2) is 5.82 Å². The molecule has 0 fully saturated rings. The van der Waals surface area contributed by atoms with Gasteiger partial charge in [0.05, 0.1) is 0 Å². The van der Waals surface area contributed by atoms with E-state index in [1.165, 1.54) is 11.9 Å². The molecule has 1 aromatic heterocycles. The van der Waals surface area contributed by atoms with Crippen LogP contribution >= 0.6 is 15.9 Å². The molecule has 17 heavy (non-hydrogen) atoms. The summed E-state index contributed by atoms with van der Waals surface area (Å²) in [4.78, 5) is 10.1. The van der Waals surface area contributed by atoms with Gasteiger partial charge in [-0.3, -0.25) is 0 Å². The third-order valence-corrected chi connectivity index (χ3v) is 3.27. The number of halogens is 1. The minimum Gasteiger partial charge on any atom is -0.383 e. The van der Waals surface area contributed by atoms with Crippen LogP contribution in [-0.4, -0.2) is 17.0 Å². The largest absolute Gasteiger partial charge is 0.383 e. The van der Waals surface area contributed by atoms with Crippen LogP contribution < -0.4 is 10.6 Å². The molecule has 0 atom stereocenters. The molecule has 0 amide bonds. The fraction of sp³-hybridized carbons (Fsp3) is 0.167. The normalized spacial score (nSPS) is 10.3. The van der Waals surface area contributed by atoms with Crippen molar-refractivity contribution in [3.63, 3.8) is 0 Å². The standard InChI is InChI=1S/C12H13BrN4/c1-8-4-3-5-9(6-8)17(2)12-10(13)11(14)15-7-16-12/h3-7H,1-2H3,(H2,14,15,16). The van der Waals surface area contributed by atoms with Gasteiger partial charge in [-0.2, -0.15) is 0 Å². The van der Waals surface area contributed by atoms with E-state index in [1.807, 2.05) is 24.1 Å². The third-order valence-electron chi connectivity index (χ3n) is 2.50. The van der Waals surface area contributed by atoms with Crippen LogP contribution in [0.4, 0.5) is 17.3 Å². The molecule has 2 aromatic rings. The number of aryl methyl sites for hydroxylation is 1. The molecular formula is C12H13BrN4. The molecular weight excluding hydrogens is 280 g/mol. The average molecular weight is 293 g/mol. The topological polar surface area (TPSA) is 55.0 Å². The van der Waals surface area contributed by atoms with Crippen LogP contribution in [0.5, 0.6) is 0 Å². The molecule has 0 aliphatic heterocycles. The van der Waals surface area contributed by atoms with Gasteiger partial charge in [0.2, 0.25) is 0 Å². The van der Waals surface area contributed by atoms with Crippen molar-refractivity contribution >= 4 is 33.3 Å². The van der Waals surface area contributed by atoms with Crippen LogP contribution in [0.15, 0.2) is 35.1 Å². The van der Waals surface area contributed by atoms with Gasteiger partial charge in [-0.1, -0.05) is 12.1 Å². The Kier molecular flexibility index (Phi) is 3.28. The molecule has 0 aliphatic carbocycles. The first-order valence-electron chi connectivity index (χ1n) is 5.16. The van der Waals surface area contributed by atoms with E-state index in [0.29, 0.717) is 10.3 Å². The van der Waals surface area contributed by atoms with Gasteiger partial charge >= 0.3 is 0 Å². The van der Waals surface area contributed by atoms with Gasteiger partial charge in [-0.15, -0.1) is 0 Å². The van der Waals surface area contributed by atoms with Crippen molar-refractivity contribution < 1.29 is 0 Å². The fourth-order valence-electron chi connectivity index (χ4n) is 1.57. The number of aromatic nitrogens is 2. The molecule has 0 unspecified atom stereocenters. The Bertz CT molecular complexity index is 542. The molecule has 88 valence electrons. The van der Waals surface area contributed by atoms with Crippen LogP contribution in [0.2, 0.25) is 0 Å². The van der Waals surface area contributed by atoms with Crippen molar-refractivity contribution in [1.82, 2.24) is 9.97 Å². The van der Waals surface area contributed by atoms with E-state index in [0.717, 1.165) is 11.5 Å². The van der Waals surface area contributed by atoms with Crippen molar-refractivity contribution in [2.75, 3.05) is 17.7 Å². The van der Waals surface area contributed by atoms with Gasteiger partial charge in [0.1, 0.15) is 16.6 Å². The molecule has 2 rings (SSSR count). The highest BCUT2D eigenvalue weighted by Gasteiger charge is 2.12. The van der Waals surface area contributed by atoms with Crippen LogP contribution in [0.1, 0.15) is 5.56 Å². The molecule has 2 N–H and O–H groups in total. The molecule has 1 aromatic carbocycles. The van der Waals surface area contributed by atoms with E-state index in [4.69, 9.17) is 5.73 Å². The number of nitrogens with two attached hydrogens (primary N) is 1. The lowest BCUT2D eigenvalue weighted by Gasteiger charge is -2.20. The summed E-state index contributed by atoms with van der Waals surface area (Å²) in [5.41, 5.74) is 8.00. The predicted octanol–water partition coefficient (Wildman–Crippen LogP) is 2.90. The van der Waals surface area contributed by atoms with Crippen molar-refractivity contribution in [3.8, 4) is 0 Å². The van der Waals surface area contributed by atoms with Crippen molar-refractivity contribution in [2.45, 2.75) is 6.92 Å². The number of nitrogens with zero attached hydrogens (tertiary/aromatic N) is 3. The molecule has 0 radical (unpaired) electrons. The Morgan fingerprint density at radius 2 is 2.06 bits per heavy atom. The van der Waals surface area contributed by atoms with Gasteiger partial charge in [-0.25, -0.2) is 9.97 Å². The van der Waals surface area contributed by atoms with E-state index < -0.39 is 0 Å². The second-order valence-electron chi connectivity index (χ2n) is 3.79. The molecule has 4 nitrogen and oxygen atoms in total. The summed E-state index contributed by atoms with van der Waals surface area (Å²) in [5, 5.41) is 0. The van der Waals surface area contributed by atoms with E-state index in [-0.39, 0.29) is 0 Å². The SMILES string of the molecule is Cc1cccc(N(C)c2ncnc(N)c2Br)c1. The first-order chi connectivity index (χ1) is 8.09. The summed E-state index contributed by atoms with van der Waals surface area (Å²) < 4.78 is 0.712. The molecule has 0 spiro atoms. The quantitative estimate of drug-likeness (QED) is 0.925. The smallest absolute Gasteiger partial charge is 0.152 e. The highest BCUT2D eigenvalue weighted by atomic mass is 79.9. The van der Waals surface area contributed by atoms with E-state index in [1.54, 1.807) is 0 Å². The van der Waals surface area contributed by atoms with Crippen LogP contribution in [0, 0.1) is 6.92 Å². The molecule has 0 bridgehead atoms. The fourth-order valence-corrected chi connectivity index (χ4v) is 2.04. The summed E-state index contributed by atoms with van der Waals surface area (Å²) in [6.07, 6.45) is 1.46. The van der Waals surface area contributed by atoms with Crippen LogP contribution in [0.25, 0.3) is 0 Å². The van der Waals surface area contributed by atoms with Gasteiger partial charge in [-0.05, 0) is 40.5 Å². The summed E-state index contributed by atoms with van der Waals surface area (Å²) in [6, 6.07) is 8.18. The zero-order chi connectivity index (χ0) is 12.4. The second-order valence-corrected chi connectivity index (χ2v) is 4.59. The van der Waals surface area contributed by atoms with E-state index >= 15 is 0 Å². The number of rotatable bonds is 2.